The molecule has 0 bridgehead atoms. The first-order valence-electron chi connectivity index (χ1n) is 4.83. The van der Waals surface area contributed by atoms with Crippen LogP contribution in [0.2, 0.25) is 0 Å². The quantitative estimate of drug-likeness (QED) is 0.780. The van der Waals surface area contributed by atoms with Crippen LogP contribution in [0.3, 0.4) is 0 Å². The maximum atomic E-state index is 12.6. The highest BCUT2D eigenvalue weighted by Crippen LogP contribution is 2.36. The third-order valence-corrected chi connectivity index (χ3v) is 2.40. The topological polar surface area (TPSA) is 43.8 Å². The molecule has 0 aliphatic carbocycles. The Balaban J connectivity index is 2.51. The Bertz CT molecular complexity index is 543. The number of benzene rings is 1. The zero-order valence-electron chi connectivity index (χ0n) is 8.99. The minimum absolute atomic E-state index is 0.273. The molecular weight excluding hydrogens is 231 g/mol. The lowest BCUT2D eigenvalue weighted by Gasteiger charge is -2.11. The number of hydrogen-bond donors (Lipinski definition) is 1. The number of nitrogens with two attached hydrogens (primary N) is 1. The lowest BCUT2D eigenvalue weighted by molar-refractivity contribution is -0.136. The van der Waals surface area contributed by atoms with Gasteiger partial charge in [0.2, 0.25) is 0 Å². The van der Waals surface area contributed by atoms with Crippen molar-refractivity contribution in [3.05, 3.63) is 36.2 Å². The Hall–Kier alpha value is -1.98. The van der Waals surface area contributed by atoms with Crippen molar-refractivity contribution in [3.63, 3.8) is 0 Å². The second-order valence-electron chi connectivity index (χ2n) is 3.70. The van der Waals surface area contributed by atoms with Gasteiger partial charge in [0.1, 0.15) is 0 Å². The van der Waals surface area contributed by atoms with Crippen LogP contribution in [0.15, 0.2) is 30.6 Å². The van der Waals surface area contributed by atoms with E-state index in [1.807, 2.05) is 0 Å². The van der Waals surface area contributed by atoms with Crippen molar-refractivity contribution in [1.29, 1.82) is 0 Å². The molecule has 0 amide bonds. The van der Waals surface area contributed by atoms with E-state index >= 15 is 0 Å². The molecule has 0 aliphatic heterocycles. The van der Waals surface area contributed by atoms with Crippen LogP contribution in [0, 0.1) is 0 Å². The van der Waals surface area contributed by atoms with Gasteiger partial charge in [-0.25, -0.2) is 0 Å². The Morgan fingerprint density at radius 2 is 1.94 bits per heavy atom. The lowest BCUT2D eigenvalue weighted by atomic mass is 10.0. The zero-order chi connectivity index (χ0) is 12.6. The molecule has 90 valence electrons. The van der Waals surface area contributed by atoms with Crippen LogP contribution >= 0.6 is 0 Å². The molecule has 1 heterocycles. The van der Waals surface area contributed by atoms with Crippen LogP contribution in [-0.2, 0) is 13.2 Å². The molecule has 0 fully saturated rings. The average molecular weight is 241 g/mol. The van der Waals surface area contributed by atoms with Crippen molar-refractivity contribution in [3.8, 4) is 11.1 Å². The lowest BCUT2D eigenvalue weighted by Crippen LogP contribution is -2.08. The van der Waals surface area contributed by atoms with Crippen LogP contribution in [0.5, 0.6) is 0 Å². The van der Waals surface area contributed by atoms with E-state index in [1.165, 1.54) is 16.9 Å². The summed E-state index contributed by atoms with van der Waals surface area (Å²) in [6, 6.07) is 3.83. The van der Waals surface area contributed by atoms with E-state index in [1.54, 1.807) is 19.3 Å². The van der Waals surface area contributed by atoms with Crippen molar-refractivity contribution in [2.75, 3.05) is 5.73 Å². The van der Waals surface area contributed by atoms with Gasteiger partial charge in [0.05, 0.1) is 11.8 Å². The number of anilines is 1. The van der Waals surface area contributed by atoms with Crippen molar-refractivity contribution in [1.82, 2.24) is 9.78 Å². The Kier molecular flexibility index (Phi) is 2.57. The molecule has 2 N–H and O–H groups in total. The summed E-state index contributed by atoms with van der Waals surface area (Å²) < 4.78 is 39.5. The normalized spacial score (nSPS) is 11.8. The first kappa shape index (κ1) is 11.5. The molecule has 2 aromatic rings. The molecule has 0 spiro atoms. The second-order valence-corrected chi connectivity index (χ2v) is 3.70. The van der Waals surface area contributed by atoms with E-state index in [9.17, 15) is 13.2 Å². The first-order valence-corrected chi connectivity index (χ1v) is 4.83. The van der Waals surface area contributed by atoms with Crippen molar-refractivity contribution in [2.24, 2.45) is 7.05 Å². The summed E-state index contributed by atoms with van der Waals surface area (Å²) in [4.78, 5) is 0. The number of nitrogens with zero attached hydrogens (tertiary/aromatic N) is 2. The fourth-order valence-corrected chi connectivity index (χ4v) is 1.55. The average Bonchev–Trinajstić information content (AvgIpc) is 2.64. The standard InChI is InChI=1S/C11H10F3N3/c1-17-6-8(5-16-17)7-2-3-10(15)9(4-7)11(12,13)14/h2-6H,15H2,1H3. The van der Waals surface area contributed by atoms with E-state index in [-0.39, 0.29) is 5.69 Å². The molecule has 0 atom stereocenters. The molecule has 0 aliphatic rings. The Morgan fingerprint density at radius 3 is 2.47 bits per heavy atom. The summed E-state index contributed by atoms with van der Waals surface area (Å²) in [7, 11) is 1.70. The molecule has 2 rings (SSSR count). The van der Waals surface area contributed by atoms with Crippen LogP contribution in [0.1, 0.15) is 5.56 Å². The highest BCUT2D eigenvalue weighted by atomic mass is 19.4. The van der Waals surface area contributed by atoms with Gasteiger partial charge >= 0.3 is 6.18 Å². The van der Waals surface area contributed by atoms with Crippen LogP contribution < -0.4 is 5.73 Å². The predicted octanol–water partition coefficient (Wildman–Crippen LogP) is 2.69. The number of rotatable bonds is 1. The van der Waals surface area contributed by atoms with E-state index in [0.717, 1.165) is 6.07 Å². The highest BCUT2D eigenvalue weighted by molar-refractivity contribution is 5.67. The number of aromatic nitrogens is 2. The van der Waals surface area contributed by atoms with Crippen LogP contribution in [0.25, 0.3) is 11.1 Å². The third-order valence-electron chi connectivity index (χ3n) is 2.40. The van der Waals surface area contributed by atoms with E-state index in [0.29, 0.717) is 11.1 Å². The fraction of sp³-hybridized carbons (Fsp3) is 0.182. The van der Waals surface area contributed by atoms with Crippen molar-refractivity contribution >= 4 is 5.69 Å². The van der Waals surface area contributed by atoms with Gasteiger partial charge in [-0.1, -0.05) is 6.07 Å². The molecule has 0 unspecified atom stereocenters. The van der Waals surface area contributed by atoms with Gasteiger partial charge < -0.3 is 5.73 Å². The first-order chi connectivity index (χ1) is 7.88. The summed E-state index contributed by atoms with van der Waals surface area (Å²) in [5.41, 5.74) is 5.29. The molecule has 0 saturated carbocycles. The van der Waals surface area contributed by atoms with Gasteiger partial charge in [-0.3, -0.25) is 4.68 Å². The minimum atomic E-state index is -4.44. The molecule has 0 saturated heterocycles. The Morgan fingerprint density at radius 1 is 1.24 bits per heavy atom. The van der Waals surface area contributed by atoms with Gasteiger partial charge in [-0.05, 0) is 17.7 Å². The fourth-order valence-electron chi connectivity index (χ4n) is 1.55. The molecule has 6 heteroatoms. The Labute approximate surface area is 95.7 Å². The highest BCUT2D eigenvalue weighted by Gasteiger charge is 2.33. The summed E-state index contributed by atoms with van der Waals surface area (Å²) in [5, 5.41) is 3.91. The zero-order valence-corrected chi connectivity index (χ0v) is 8.99. The van der Waals surface area contributed by atoms with Gasteiger partial charge in [0, 0.05) is 24.5 Å². The summed E-state index contributed by atoms with van der Waals surface area (Å²) in [5.74, 6) is 0. The maximum absolute atomic E-state index is 12.6. The third kappa shape index (κ3) is 2.25. The monoisotopic (exact) mass is 241 g/mol. The number of hydrogen-bond acceptors (Lipinski definition) is 2. The summed E-state index contributed by atoms with van der Waals surface area (Å²) >= 11 is 0. The van der Waals surface area contributed by atoms with Crippen molar-refractivity contribution < 1.29 is 13.2 Å². The van der Waals surface area contributed by atoms with E-state index in [2.05, 4.69) is 5.10 Å². The molecule has 0 radical (unpaired) electrons. The number of aryl methyl sites for hydroxylation is 1. The van der Waals surface area contributed by atoms with Crippen molar-refractivity contribution in [2.45, 2.75) is 6.18 Å². The predicted molar refractivity (Wildman–Crippen MR) is 58.1 cm³/mol. The molecule has 1 aromatic carbocycles. The van der Waals surface area contributed by atoms with Gasteiger partial charge in [0.25, 0.3) is 0 Å². The minimum Gasteiger partial charge on any atom is -0.398 e. The van der Waals surface area contributed by atoms with Crippen LogP contribution in [-0.4, -0.2) is 9.78 Å². The number of nitrogen functional groups attached to an aromatic ring is 1. The maximum Gasteiger partial charge on any atom is 0.418 e. The molecule has 1 aromatic heterocycles. The molecular formula is C11H10F3N3. The number of alkyl halides is 3. The van der Waals surface area contributed by atoms with E-state index in [4.69, 9.17) is 5.73 Å². The molecule has 3 nitrogen and oxygen atoms in total. The second kappa shape index (κ2) is 3.80. The van der Waals surface area contributed by atoms with Crippen LogP contribution in [0.4, 0.5) is 18.9 Å². The van der Waals surface area contributed by atoms with Gasteiger partial charge in [-0.2, -0.15) is 18.3 Å². The van der Waals surface area contributed by atoms with Gasteiger partial charge in [-0.15, -0.1) is 0 Å². The summed E-state index contributed by atoms with van der Waals surface area (Å²) in [6.07, 6.45) is -1.29. The SMILES string of the molecule is Cn1cc(-c2ccc(N)c(C(F)(F)F)c2)cn1. The van der Waals surface area contributed by atoms with E-state index < -0.39 is 11.7 Å². The largest absolute Gasteiger partial charge is 0.418 e. The molecule has 17 heavy (non-hydrogen) atoms. The van der Waals surface area contributed by atoms with Gasteiger partial charge in [0.15, 0.2) is 0 Å². The summed E-state index contributed by atoms with van der Waals surface area (Å²) in [6.45, 7) is 0. The smallest absolute Gasteiger partial charge is 0.398 e. The number of halogens is 3.